The van der Waals surface area contributed by atoms with Crippen molar-refractivity contribution in [2.45, 2.75) is 32.6 Å². The molecule has 0 aliphatic rings. The Labute approximate surface area is 168 Å². The SMILES string of the molecule is CCOC(=O)/C=C/c1cc2cc(NSc3c(C)cc(C)cc3C)ccc2s1. The number of rotatable bonds is 6. The fourth-order valence-electron chi connectivity index (χ4n) is 2.99. The molecular weight excluding hydrogens is 374 g/mol. The van der Waals surface area contributed by atoms with Gasteiger partial charge in [0.2, 0.25) is 0 Å². The molecule has 27 heavy (non-hydrogen) atoms. The topological polar surface area (TPSA) is 38.3 Å². The van der Waals surface area contributed by atoms with Crippen LogP contribution in [0.5, 0.6) is 0 Å². The fourth-order valence-corrected chi connectivity index (χ4v) is 4.72. The first-order valence-electron chi connectivity index (χ1n) is 8.85. The summed E-state index contributed by atoms with van der Waals surface area (Å²) in [7, 11) is 0. The van der Waals surface area contributed by atoms with Gasteiger partial charge in [-0.05, 0) is 86.5 Å². The number of benzene rings is 2. The van der Waals surface area contributed by atoms with Crippen LogP contribution in [0.4, 0.5) is 5.69 Å². The van der Waals surface area contributed by atoms with Gasteiger partial charge in [0, 0.05) is 26.2 Å². The van der Waals surface area contributed by atoms with Crippen LogP contribution < -0.4 is 4.72 Å². The molecule has 3 rings (SSSR count). The molecule has 0 aliphatic carbocycles. The molecule has 140 valence electrons. The minimum atomic E-state index is -0.308. The Morgan fingerprint density at radius 3 is 2.59 bits per heavy atom. The summed E-state index contributed by atoms with van der Waals surface area (Å²) in [4.78, 5) is 13.8. The van der Waals surface area contributed by atoms with Gasteiger partial charge in [0.25, 0.3) is 0 Å². The molecule has 0 saturated heterocycles. The van der Waals surface area contributed by atoms with E-state index in [1.54, 1.807) is 30.2 Å². The molecule has 1 heterocycles. The first-order chi connectivity index (χ1) is 13.0. The Kier molecular flexibility index (Phi) is 6.24. The van der Waals surface area contributed by atoms with Crippen molar-refractivity contribution >= 4 is 51.1 Å². The van der Waals surface area contributed by atoms with Gasteiger partial charge in [-0.1, -0.05) is 17.7 Å². The van der Waals surface area contributed by atoms with Crippen LogP contribution in [-0.2, 0) is 9.53 Å². The Bertz CT molecular complexity index is 982. The maximum Gasteiger partial charge on any atom is 0.330 e. The molecule has 3 aromatic rings. The number of carbonyl (C=O) groups excluding carboxylic acids is 1. The van der Waals surface area contributed by atoms with E-state index < -0.39 is 0 Å². The first kappa shape index (κ1) is 19.5. The third-order valence-corrected chi connectivity index (χ3v) is 6.35. The van der Waals surface area contributed by atoms with Crippen molar-refractivity contribution < 1.29 is 9.53 Å². The van der Waals surface area contributed by atoms with Crippen molar-refractivity contribution in [1.82, 2.24) is 0 Å². The van der Waals surface area contributed by atoms with Gasteiger partial charge in [-0.3, -0.25) is 0 Å². The maximum absolute atomic E-state index is 11.5. The van der Waals surface area contributed by atoms with Crippen molar-refractivity contribution in [1.29, 1.82) is 0 Å². The molecular formula is C22H23NO2S2. The third-order valence-electron chi connectivity index (χ3n) is 4.08. The summed E-state index contributed by atoms with van der Waals surface area (Å²) in [6.07, 6.45) is 3.29. The molecule has 0 fully saturated rings. The number of hydrogen-bond acceptors (Lipinski definition) is 5. The lowest BCUT2D eigenvalue weighted by Crippen LogP contribution is -1.98. The number of anilines is 1. The van der Waals surface area contributed by atoms with Crippen molar-refractivity contribution in [2.75, 3.05) is 11.3 Å². The summed E-state index contributed by atoms with van der Waals surface area (Å²) in [5.41, 5.74) is 4.92. The number of nitrogens with one attached hydrogen (secondary N) is 1. The molecule has 1 aromatic heterocycles. The number of aryl methyl sites for hydroxylation is 3. The number of fused-ring (bicyclic) bond motifs is 1. The Morgan fingerprint density at radius 2 is 1.89 bits per heavy atom. The van der Waals surface area contributed by atoms with Crippen LogP contribution in [0.25, 0.3) is 16.2 Å². The van der Waals surface area contributed by atoms with E-state index >= 15 is 0 Å². The van der Waals surface area contributed by atoms with Gasteiger partial charge in [0.1, 0.15) is 0 Å². The van der Waals surface area contributed by atoms with Crippen LogP contribution in [0, 0.1) is 20.8 Å². The molecule has 0 aliphatic heterocycles. The lowest BCUT2D eigenvalue weighted by atomic mass is 10.1. The van der Waals surface area contributed by atoms with Crippen molar-refractivity contribution in [2.24, 2.45) is 0 Å². The molecule has 0 atom stereocenters. The minimum absolute atomic E-state index is 0.308. The van der Waals surface area contributed by atoms with Crippen LogP contribution in [-0.4, -0.2) is 12.6 Å². The molecule has 0 saturated carbocycles. The van der Waals surface area contributed by atoms with Crippen LogP contribution in [0.2, 0.25) is 0 Å². The van der Waals surface area contributed by atoms with E-state index in [2.05, 4.69) is 61.9 Å². The zero-order valence-corrected chi connectivity index (χ0v) is 17.6. The van der Waals surface area contributed by atoms with E-state index in [1.807, 2.05) is 6.08 Å². The molecule has 0 spiro atoms. The van der Waals surface area contributed by atoms with E-state index in [0.29, 0.717) is 6.61 Å². The van der Waals surface area contributed by atoms with Crippen LogP contribution in [0.3, 0.4) is 0 Å². The lowest BCUT2D eigenvalue weighted by Gasteiger charge is -2.12. The lowest BCUT2D eigenvalue weighted by molar-refractivity contribution is -0.137. The summed E-state index contributed by atoms with van der Waals surface area (Å²) in [6.45, 7) is 8.61. The summed E-state index contributed by atoms with van der Waals surface area (Å²) in [6, 6.07) is 12.8. The highest BCUT2D eigenvalue weighted by molar-refractivity contribution is 8.00. The predicted molar refractivity (Wildman–Crippen MR) is 118 cm³/mol. The molecule has 0 unspecified atom stereocenters. The number of ether oxygens (including phenoxy) is 1. The number of thiophene rings is 1. The quantitative estimate of drug-likeness (QED) is 0.292. The molecule has 0 radical (unpaired) electrons. The van der Waals surface area contributed by atoms with Gasteiger partial charge in [-0.25, -0.2) is 4.79 Å². The second-order valence-corrected chi connectivity index (χ2v) is 8.35. The second-order valence-electron chi connectivity index (χ2n) is 6.42. The first-order valence-corrected chi connectivity index (χ1v) is 10.5. The van der Waals surface area contributed by atoms with E-state index in [1.165, 1.54) is 32.4 Å². The number of esters is 1. The standard InChI is InChI=1S/C22H23NO2S2/c1-5-25-21(24)9-7-19-13-17-12-18(6-8-20(17)26-19)23-27-22-15(3)10-14(2)11-16(22)4/h6-13,23H,5H2,1-4H3/b9-7+. The second kappa shape index (κ2) is 8.63. The molecule has 3 nitrogen and oxygen atoms in total. The normalized spacial score (nSPS) is 11.3. The fraction of sp³-hybridized carbons (Fsp3) is 0.227. The zero-order chi connectivity index (χ0) is 19.4. The predicted octanol–water partition coefficient (Wildman–Crippen LogP) is 6.52. The van der Waals surface area contributed by atoms with Gasteiger partial charge in [-0.15, -0.1) is 11.3 Å². The molecule has 5 heteroatoms. The van der Waals surface area contributed by atoms with E-state index in [4.69, 9.17) is 4.74 Å². The average molecular weight is 398 g/mol. The van der Waals surface area contributed by atoms with E-state index in [-0.39, 0.29) is 5.97 Å². The van der Waals surface area contributed by atoms with Crippen molar-refractivity contribution in [3.63, 3.8) is 0 Å². The monoisotopic (exact) mass is 397 g/mol. The van der Waals surface area contributed by atoms with Gasteiger partial charge in [0.15, 0.2) is 0 Å². The van der Waals surface area contributed by atoms with E-state index in [0.717, 1.165) is 16.0 Å². The molecule has 0 bridgehead atoms. The number of hydrogen-bond donors (Lipinski definition) is 1. The minimum Gasteiger partial charge on any atom is -0.463 e. The van der Waals surface area contributed by atoms with Crippen molar-refractivity contribution in [3.05, 3.63) is 64.0 Å². The number of carbonyl (C=O) groups is 1. The molecule has 0 amide bonds. The largest absolute Gasteiger partial charge is 0.463 e. The van der Waals surface area contributed by atoms with Gasteiger partial charge in [-0.2, -0.15) is 0 Å². The average Bonchev–Trinajstić information content (AvgIpc) is 3.01. The third kappa shape index (κ3) is 4.93. The Morgan fingerprint density at radius 1 is 1.15 bits per heavy atom. The molecule has 1 N–H and O–H groups in total. The highest BCUT2D eigenvalue weighted by Crippen LogP contribution is 2.32. The zero-order valence-electron chi connectivity index (χ0n) is 16.0. The highest BCUT2D eigenvalue weighted by atomic mass is 32.2. The van der Waals surface area contributed by atoms with Crippen LogP contribution in [0.1, 0.15) is 28.5 Å². The van der Waals surface area contributed by atoms with Crippen molar-refractivity contribution in [3.8, 4) is 0 Å². The van der Waals surface area contributed by atoms with Gasteiger partial charge < -0.3 is 9.46 Å². The van der Waals surface area contributed by atoms with Gasteiger partial charge >= 0.3 is 5.97 Å². The van der Waals surface area contributed by atoms with E-state index in [9.17, 15) is 4.79 Å². The maximum atomic E-state index is 11.5. The summed E-state index contributed by atoms with van der Waals surface area (Å²) in [5, 5.41) is 1.16. The summed E-state index contributed by atoms with van der Waals surface area (Å²) in [5.74, 6) is -0.308. The summed E-state index contributed by atoms with van der Waals surface area (Å²) < 4.78 is 9.57. The summed E-state index contributed by atoms with van der Waals surface area (Å²) >= 11 is 3.31. The Hall–Kier alpha value is -2.24. The van der Waals surface area contributed by atoms with Gasteiger partial charge in [0.05, 0.1) is 6.61 Å². The van der Waals surface area contributed by atoms with Crippen LogP contribution in [0.15, 0.2) is 47.4 Å². The molecule has 2 aromatic carbocycles. The highest BCUT2D eigenvalue weighted by Gasteiger charge is 2.06. The van der Waals surface area contributed by atoms with Crippen LogP contribution >= 0.6 is 23.3 Å². The smallest absolute Gasteiger partial charge is 0.330 e. The Balaban J connectivity index is 1.74.